The van der Waals surface area contributed by atoms with Crippen LogP contribution in [0.2, 0.25) is 0 Å². The maximum atomic E-state index is 12.3. The van der Waals surface area contributed by atoms with Crippen LogP contribution in [0.4, 0.5) is 0 Å². The highest BCUT2D eigenvalue weighted by atomic mass is 32.2. The zero-order chi connectivity index (χ0) is 15.5. The molecule has 2 aromatic rings. The minimum Gasteiger partial charge on any atom is -0.208 e. The molecule has 1 heterocycles. The average molecular weight is 320 g/mol. The summed E-state index contributed by atoms with van der Waals surface area (Å²) >= 11 is 1.61. The molecule has 6 heteroatoms. The molecule has 1 unspecified atom stereocenters. The summed E-state index contributed by atoms with van der Waals surface area (Å²) < 4.78 is 27.3. The SMILES string of the molecule is Cc1cc(S(=O)(=O)NC(C)Cc2cccs2)ccc1C#N. The molecule has 0 aliphatic carbocycles. The van der Waals surface area contributed by atoms with Gasteiger partial charge in [0.05, 0.1) is 16.5 Å². The van der Waals surface area contributed by atoms with Crippen LogP contribution in [0.15, 0.2) is 40.6 Å². The van der Waals surface area contributed by atoms with Crippen LogP contribution in [0.3, 0.4) is 0 Å². The molecule has 0 amide bonds. The van der Waals surface area contributed by atoms with E-state index in [1.165, 1.54) is 18.2 Å². The van der Waals surface area contributed by atoms with Crippen LogP contribution in [-0.4, -0.2) is 14.5 Å². The van der Waals surface area contributed by atoms with Gasteiger partial charge in [-0.1, -0.05) is 6.07 Å². The summed E-state index contributed by atoms with van der Waals surface area (Å²) in [6, 6.07) is 10.3. The lowest BCUT2D eigenvalue weighted by Gasteiger charge is -2.14. The fraction of sp³-hybridized carbons (Fsp3) is 0.267. The van der Waals surface area contributed by atoms with Gasteiger partial charge in [0.15, 0.2) is 0 Å². The predicted molar refractivity (Wildman–Crippen MR) is 83.7 cm³/mol. The standard InChI is InChI=1S/C15H16N2O2S2/c1-11-8-15(6-5-13(11)10-16)21(18,19)17-12(2)9-14-4-3-7-20-14/h3-8,12,17H,9H2,1-2H3. The van der Waals surface area contributed by atoms with Gasteiger partial charge in [0.2, 0.25) is 10.0 Å². The van der Waals surface area contributed by atoms with E-state index in [9.17, 15) is 8.42 Å². The fourth-order valence-electron chi connectivity index (χ4n) is 2.03. The van der Waals surface area contributed by atoms with Gasteiger partial charge < -0.3 is 0 Å². The summed E-state index contributed by atoms with van der Waals surface area (Å²) in [5, 5.41) is 10.9. The Morgan fingerprint density at radius 3 is 2.71 bits per heavy atom. The lowest BCUT2D eigenvalue weighted by Crippen LogP contribution is -2.34. The number of aryl methyl sites for hydroxylation is 1. The Morgan fingerprint density at radius 1 is 1.38 bits per heavy atom. The molecule has 0 aliphatic rings. The summed E-state index contributed by atoms with van der Waals surface area (Å²) in [4.78, 5) is 1.33. The van der Waals surface area contributed by atoms with Crippen LogP contribution in [0.1, 0.15) is 22.9 Å². The molecule has 110 valence electrons. The van der Waals surface area contributed by atoms with E-state index in [1.807, 2.05) is 30.5 Å². The van der Waals surface area contributed by atoms with Gasteiger partial charge in [-0.25, -0.2) is 13.1 Å². The van der Waals surface area contributed by atoms with E-state index in [2.05, 4.69) is 4.72 Å². The van der Waals surface area contributed by atoms with Crippen molar-refractivity contribution in [2.24, 2.45) is 0 Å². The second-order valence-corrected chi connectivity index (χ2v) is 7.64. The Bertz CT molecular complexity index is 759. The number of nitrogens with zero attached hydrogens (tertiary/aromatic N) is 1. The van der Waals surface area contributed by atoms with Gasteiger partial charge in [0, 0.05) is 10.9 Å². The molecule has 2 rings (SSSR count). The monoisotopic (exact) mass is 320 g/mol. The second kappa shape index (κ2) is 6.39. The Morgan fingerprint density at radius 2 is 2.14 bits per heavy atom. The predicted octanol–water partition coefficient (Wildman–Crippen LogP) is 2.84. The molecule has 0 saturated heterocycles. The van der Waals surface area contributed by atoms with Crippen molar-refractivity contribution >= 4 is 21.4 Å². The lowest BCUT2D eigenvalue weighted by molar-refractivity contribution is 0.560. The highest BCUT2D eigenvalue weighted by Crippen LogP contribution is 2.16. The normalized spacial score (nSPS) is 12.8. The average Bonchev–Trinajstić information content (AvgIpc) is 2.90. The number of hydrogen-bond acceptors (Lipinski definition) is 4. The summed E-state index contributed by atoms with van der Waals surface area (Å²) in [6.45, 7) is 3.57. The molecule has 4 nitrogen and oxygen atoms in total. The molecule has 1 aromatic heterocycles. The van der Waals surface area contributed by atoms with E-state index in [-0.39, 0.29) is 10.9 Å². The zero-order valence-corrected chi connectivity index (χ0v) is 13.5. The van der Waals surface area contributed by atoms with Crippen molar-refractivity contribution in [3.8, 4) is 6.07 Å². The van der Waals surface area contributed by atoms with Gasteiger partial charge >= 0.3 is 0 Å². The maximum Gasteiger partial charge on any atom is 0.240 e. The Hall–Kier alpha value is -1.68. The molecule has 0 aliphatic heterocycles. The first kappa shape index (κ1) is 15.7. The largest absolute Gasteiger partial charge is 0.240 e. The summed E-state index contributed by atoms with van der Waals surface area (Å²) in [5.41, 5.74) is 1.15. The topological polar surface area (TPSA) is 70.0 Å². The minimum atomic E-state index is -3.56. The van der Waals surface area contributed by atoms with Crippen LogP contribution in [-0.2, 0) is 16.4 Å². The molecule has 1 N–H and O–H groups in total. The van der Waals surface area contributed by atoms with E-state index in [1.54, 1.807) is 18.3 Å². The Kier molecular flexibility index (Phi) is 4.78. The lowest BCUT2D eigenvalue weighted by atomic mass is 10.1. The number of rotatable bonds is 5. The van der Waals surface area contributed by atoms with E-state index in [0.29, 0.717) is 17.5 Å². The zero-order valence-electron chi connectivity index (χ0n) is 11.8. The molecule has 0 spiro atoms. The number of sulfonamides is 1. The second-order valence-electron chi connectivity index (χ2n) is 4.89. The summed E-state index contributed by atoms with van der Waals surface area (Å²) in [6.07, 6.45) is 0.659. The van der Waals surface area contributed by atoms with E-state index in [4.69, 9.17) is 5.26 Å². The van der Waals surface area contributed by atoms with Crippen molar-refractivity contribution in [3.63, 3.8) is 0 Å². The molecule has 0 bridgehead atoms. The molecule has 0 saturated carbocycles. The molecular formula is C15H16N2O2S2. The van der Waals surface area contributed by atoms with Crippen LogP contribution in [0.25, 0.3) is 0 Å². The minimum absolute atomic E-state index is 0.190. The first-order valence-electron chi connectivity index (χ1n) is 6.48. The highest BCUT2D eigenvalue weighted by molar-refractivity contribution is 7.89. The molecule has 21 heavy (non-hydrogen) atoms. The third-order valence-corrected chi connectivity index (χ3v) is 5.56. The number of nitrogens with one attached hydrogen (secondary N) is 1. The van der Waals surface area contributed by atoms with E-state index < -0.39 is 10.0 Å². The van der Waals surface area contributed by atoms with Gasteiger partial charge in [-0.2, -0.15) is 5.26 Å². The van der Waals surface area contributed by atoms with E-state index >= 15 is 0 Å². The number of nitriles is 1. The summed E-state index contributed by atoms with van der Waals surface area (Å²) in [5.74, 6) is 0. The van der Waals surface area contributed by atoms with Crippen LogP contribution >= 0.6 is 11.3 Å². The van der Waals surface area contributed by atoms with Gasteiger partial charge in [-0.3, -0.25) is 0 Å². The van der Waals surface area contributed by atoms with Gasteiger partial charge in [-0.05, 0) is 55.5 Å². The number of thiophene rings is 1. The number of benzene rings is 1. The maximum absolute atomic E-state index is 12.3. The third kappa shape index (κ3) is 3.91. The highest BCUT2D eigenvalue weighted by Gasteiger charge is 2.18. The fourth-order valence-corrected chi connectivity index (χ4v) is 4.20. The van der Waals surface area contributed by atoms with Crippen LogP contribution < -0.4 is 4.72 Å². The van der Waals surface area contributed by atoms with Crippen LogP contribution in [0.5, 0.6) is 0 Å². The molecular weight excluding hydrogens is 304 g/mol. The molecule has 0 fully saturated rings. The van der Waals surface area contributed by atoms with Crippen molar-refractivity contribution in [1.29, 1.82) is 5.26 Å². The van der Waals surface area contributed by atoms with Crippen molar-refractivity contribution in [3.05, 3.63) is 51.7 Å². The first-order chi connectivity index (χ1) is 9.92. The van der Waals surface area contributed by atoms with Crippen molar-refractivity contribution in [2.75, 3.05) is 0 Å². The summed E-state index contributed by atoms with van der Waals surface area (Å²) in [7, 11) is -3.56. The Balaban J connectivity index is 2.15. The molecule has 0 radical (unpaired) electrons. The smallest absolute Gasteiger partial charge is 0.208 e. The van der Waals surface area contributed by atoms with E-state index in [0.717, 1.165) is 4.88 Å². The quantitative estimate of drug-likeness (QED) is 0.921. The van der Waals surface area contributed by atoms with Gasteiger partial charge in [0.1, 0.15) is 0 Å². The van der Waals surface area contributed by atoms with Crippen LogP contribution in [0, 0.1) is 18.3 Å². The van der Waals surface area contributed by atoms with Crippen molar-refractivity contribution < 1.29 is 8.42 Å². The Labute approximate surface area is 129 Å². The number of hydrogen-bond donors (Lipinski definition) is 1. The molecule has 1 aromatic carbocycles. The van der Waals surface area contributed by atoms with Crippen molar-refractivity contribution in [2.45, 2.75) is 31.2 Å². The van der Waals surface area contributed by atoms with Crippen molar-refractivity contribution in [1.82, 2.24) is 4.72 Å². The van der Waals surface area contributed by atoms with Gasteiger partial charge in [-0.15, -0.1) is 11.3 Å². The van der Waals surface area contributed by atoms with Gasteiger partial charge in [0.25, 0.3) is 0 Å². The third-order valence-electron chi connectivity index (χ3n) is 3.07. The molecule has 1 atom stereocenters. The first-order valence-corrected chi connectivity index (χ1v) is 8.84.